The van der Waals surface area contributed by atoms with E-state index in [4.69, 9.17) is 0 Å². The van der Waals surface area contributed by atoms with Gasteiger partial charge >= 0.3 is 0 Å². The third-order valence-corrected chi connectivity index (χ3v) is 3.57. The van der Waals surface area contributed by atoms with Gasteiger partial charge in [0.25, 0.3) is 5.91 Å². The molecule has 2 aromatic rings. The predicted molar refractivity (Wildman–Crippen MR) is 73.6 cm³/mol. The van der Waals surface area contributed by atoms with Crippen LogP contribution in [0.2, 0.25) is 0 Å². The lowest BCUT2D eigenvalue weighted by Crippen LogP contribution is -2.42. The van der Waals surface area contributed by atoms with Gasteiger partial charge in [0.15, 0.2) is 0 Å². The van der Waals surface area contributed by atoms with Crippen molar-refractivity contribution < 1.29 is 14.0 Å². The van der Waals surface area contributed by atoms with Gasteiger partial charge in [-0.15, -0.1) is 0 Å². The Morgan fingerprint density at radius 3 is 2.67 bits per heavy atom. The van der Waals surface area contributed by atoms with Crippen LogP contribution in [0.5, 0.6) is 0 Å². The molecule has 5 nitrogen and oxygen atoms in total. The second kappa shape index (κ2) is 5.40. The molecule has 0 bridgehead atoms. The highest BCUT2D eigenvalue weighted by atomic mass is 19.1. The summed E-state index contributed by atoms with van der Waals surface area (Å²) >= 11 is 0. The van der Waals surface area contributed by atoms with E-state index in [1.165, 1.54) is 6.07 Å². The molecule has 1 saturated carbocycles. The maximum atomic E-state index is 13.6. The van der Waals surface area contributed by atoms with E-state index in [2.05, 4.69) is 15.8 Å². The number of amides is 2. The zero-order valence-corrected chi connectivity index (χ0v) is 11.1. The van der Waals surface area contributed by atoms with Gasteiger partial charge in [-0.2, -0.15) is 0 Å². The van der Waals surface area contributed by atoms with E-state index < -0.39 is 5.91 Å². The third kappa shape index (κ3) is 2.79. The molecule has 0 saturated heterocycles. The zero-order valence-electron chi connectivity index (χ0n) is 11.1. The largest absolute Gasteiger partial charge is 0.357 e. The normalized spacial score (nSPS) is 19.9. The van der Waals surface area contributed by atoms with E-state index in [9.17, 15) is 14.0 Å². The van der Waals surface area contributed by atoms with Gasteiger partial charge in [-0.05, 0) is 36.1 Å². The number of hydrogen-bond acceptors (Lipinski definition) is 2. The summed E-state index contributed by atoms with van der Waals surface area (Å²) < 4.78 is 13.6. The van der Waals surface area contributed by atoms with Gasteiger partial charge in [0.05, 0.1) is 0 Å². The maximum absolute atomic E-state index is 13.6. The first-order valence-corrected chi connectivity index (χ1v) is 6.65. The van der Waals surface area contributed by atoms with Crippen LogP contribution in [0.4, 0.5) is 4.39 Å². The summed E-state index contributed by atoms with van der Waals surface area (Å²) in [6.07, 6.45) is 2.21. The summed E-state index contributed by atoms with van der Waals surface area (Å²) in [6, 6.07) is 9.72. The Labute approximate surface area is 120 Å². The van der Waals surface area contributed by atoms with Gasteiger partial charge < -0.3 is 4.98 Å². The average Bonchev–Trinajstić information content (AvgIpc) is 3.08. The molecule has 108 valence electrons. The molecular formula is C15H14FN3O2. The van der Waals surface area contributed by atoms with E-state index >= 15 is 0 Å². The van der Waals surface area contributed by atoms with Crippen molar-refractivity contribution in [1.82, 2.24) is 15.8 Å². The van der Waals surface area contributed by atoms with Crippen molar-refractivity contribution in [1.29, 1.82) is 0 Å². The van der Waals surface area contributed by atoms with Gasteiger partial charge in [-0.3, -0.25) is 20.4 Å². The number of rotatable bonds is 3. The molecule has 3 rings (SSSR count). The lowest BCUT2D eigenvalue weighted by Gasteiger charge is -2.06. The third-order valence-electron chi connectivity index (χ3n) is 3.57. The summed E-state index contributed by atoms with van der Waals surface area (Å²) in [6.45, 7) is 0. The minimum absolute atomic E-state index is 0.117. The molecule has 2 amide bonds. The van der Waals surface area contributed by atoms with Crippen molar-refractivity contribution in [3.05, 3.63) is 59.7 Å². The Kier molecular flexibility index (Phi) is 3.43. The SMILES string of the molecule is O=C(NNC(=O)C1CC1c1ccccc1F)c1ccc[nH]1. The molecule has 3 N–H and O–H groups in total. The predicted octanol–water partition coefficient (Wildman–Crippen LogP) is 1.72. The van der Waals surface area contributed by atoms with Crippen molar-refractivity contribution in [3.8, 4) is 0 Å². The number of H-pyrrole nitrogens is 1. The lowest BCUT2D eigenvalue weighted by molar-refractivity contribution is -0.123. The van der Waals surface area contributed by atoms with Crippen molar-refractivity contribution in [2.75, 3.05) is 0 Å². The first-order chi connectivity index (χ1) is 10.2. The summed E-state index contributed by atoms with van der Waals surface area (Å²) in [5.41, 5.74) is 5.61. The second-order valence-corrected chi connectivity index (χ2v) is 5.00. The smallest absolute Gasteiger partial charge is 0.286 e. The Morgan fingerprint density at radius 2 is 1.95 bits per heavy atom. The number of nitrogens with one attached hydrogen (secondary N) is 3. The lowest BCUT2D eigenvalue weighted by atomic mass is 10.1. The highest BCUT2D eigenvalue weighted by Crippen LogP contribution is 2.48. The van der Waals surface area contributed by atoms with Crippen LogP contribution < -0.4 is 10.9 Å². The minimum Gasteiger partial charge on any atom is -0.357 e. The zero-order chi connectivity index (χ0) is 14.8. The van der Waals surface area contributed by atoms with Crippen molar-refractivity contribution in [3.63, 3.8) is 0 Å². The average molecular weight is 287 g/mol. The fourth-order valence-corrected chi connectivity index (χ4v) is 2.35. The molecule has 2 unspecified atom stereocenters. The van der Waals surface area contributed by atoms with E-state index in [1.54, 1.807) is 36.5 Å². The van der Waals surface area contributed by atoms with E-state index in [0.29, 0.717) is 17.7 Å². The fourth-order valence-electron chi connectivity index (χ4n) is 2.35. The Bertz CT molecular complexity index is 669. The molecule has 1 aromatic carbocycles. The summed E-state index contributed by atoms with van der Waals surface area (Å²) in [5, 5.41) is 0. The molecular weight excluding hydrogens is 273 g/mol. The van der Waals surface area contributed by atoms with Crippen LogP contribution in [0.1, 0.15) is 28.4 Å². The quantitative estimate of drug-likeness (QED) is 0.752. The van der Waals surface area contributed by atoms with Gasteiger partial charge in [-0.25, -0.2) is 4.39 Å². The molecule has 1 fully saturated rings. The number of aromatic nitrogens is 1. The van der Waals surface area contributed by atoms with E-state index in [0.717, 1.165) is 0 Å². The van der Waals surface area contributed by atoms with Crippen molar-refractivity contribution in [2.45, 2.75) is 12.3 Å². The standard InChI is InChI=1S/C15H14FN3O2/c16-12-5-2-1-4-9(12)10-8-11(10)14(20)18-19-15(21)13-6-3-7-17-13/h1-7,10-11,17H,8H2,(H,18,20)(H,19,21). The fraction of sp³-hybridized carbons (Fsp3) is 0.200. The minimum atomic E-state index is -0.420. The molecule has 1 heterocycles. The van der Waals surface area contributed by atoms with Crippen LogP contribution in [0, 0.1) is 11.7 Å². The summed E-state index contributed by atoms with van der Waals surface area (Å²) in [5.74, 6) is -1.44. The van der Waals surface area contributed by atoms with E-state index in [-0.39, 0.29) is 23.6 Å². The second-order valence-electron chi connectivity index (χ2n) is 5.00. The molecule has 2 atom stereocenters. The number of carbonyl (C=O) groups is 2. The Balaban J connectivity index is 1.54. The molecule has 21 heavy (non-hydrogen) atoms. The van der Waals surface area contributed by atoms with Crippen LogP contribution in [0.15, 0.2) is 42.6 Å². The molecule has 1 aliphatic rings. The van der Waals surface area contributed by atoms with Crippen molar-refractivity contribution >= 4 is 11.8 Å². The topological polar surface area (TPSA) is 74.0 Å². The van der Waals surface area contributed by atoms with E-state index in [1.807, 2.05) is 0 Å². The van der Waals surface area contributed by atoms with Gasteiger partial charge in [0.2, 0.25) is 5.91 Å². The summed E-state index contributed by atoms with van der Waals surface area (Å²) in [7, 11) is 0. The maximum Gasteiger partial charge on any atom is 0.286 e. The van der Waals surface area contributed by atoms with Gasteiger partial charge in [0, 0.05) is 12.1 Å². The van der Waals surface area contributed by atoms with Crippen LogP contribution in [0.25, 0.3) is 0 Å². The molecule has 0 aliphatic heterocycles. The van der Waals surface area contributed by atoms with Crippen LogP contribution in [-0.4, -0.2) is 16.8 Å². The van der Waals surface area contributed by atoms with Gasteiger partial charge in [0.1, 0.15) is 11.5 Å². The molecule has 1 aliphatic carbocycles. The number of benzene rings is 1. The monoisotopic (exact) mass is 287 g/mol. The molecule has 6 heteroatoms. The Morgan fingerprint density at radius 1 is 1.14 bits per heavy atom. The first kappa shape index (κ1) is 13.4. The number of hydrazine groups is 1. The first-order valence-electron chi connectivity index (χ1n) is 6.65. The molecule has 0 radical (unpaired) electrons. The number of hydrogen-bond donors (Lipinski definition) is 3. The Hall–Kier alpha value is -2.63. The van der Waals surface area contributed by atoms with Gasteiger partial charge in [-0.1, -0.05) is 18.2 Å². The number of halogens is 1. The highest BCUT2D eigenvalue weighted by molar-refractivity contribution is 5.94. The summed E-state index contributed by atoms with van der Waals surface area (Å²) in [4.78, 5) is 26.3. The van der Waals surface area contributed by atoms with Crippen LogP contribution in [-0.2, 0) is 4.79 Å². The number of aromatic amines is 1. The van der Waals surface area contributed by atoms with Crippen molar-refractivity contribution in [2.24, 2.45) is 5.92 Å². The number of carbonyl (C=O) groups excluding carboxylic acids is 2. The highest BCUT2D eigenvalue weighted by Gasteiger charge is 2.45. The van der Waals surface area contributed by atoms with Crippen LogP contribution >= 0.6 is 0 Å². The molecule has 0 spiro atoms. The van der Waals surface area contributed by atoms with Crippen LogP contribution in [0.3, 0.4) is 0 Å². The molecule has 1 aromatic heterocycles.